The maximum atomic E-state index is 12.8. The topological polar surface area (TPSA) is 67.6 Å². The molecule has 6 heteroatoms. The van der Waals surface area contributed by atoms with Gasteiger partial charge in [-0.15, -0.1) is 0 Å². The molecule has 1 aromatic carbocycles. The average molecular weight is 391 g/mol. The highest BCUT2D eigenvalue weighted by molar-refractivity contribution is 5.95. The molecule has 0 aliphatic carbocycles. The number of hydrogen-bond acceptors (Lipinski definition) is 5. The van der Waals surface area contributed by atoms with Crippen LogP contribution in [0.5, 0.6) is 5.88 Å². The van der Waals surface area contributed by atoms with Crippen molar-refractivity contribution in [1.82, 2.24) is 10.3 Å². The minimum Gasteiger partial charge on any atom is -0.478 e. The van der Waals surface area contributed by atoms with Crippen LogP contribution in [0.3, 0.4) is 0 Å². The third kappa shape index (κ3) is 3.97. The minimum atomic E-state index is -0.166. The maximum Gasteiger partial charge on any atom is 0.255 e. The molecule has 0 bridgehead atoms. The maximum absolute atomic E-state index is 12.8. The number of anilines is 1. The Hall–Kier alpha value is -3.28. The molecule has 1 amide bonds. The van der Waals surface area contributed by atoms with Gasteiger partial charge in [0.15, 0.2) is 0 Å². The van der Waals surface area contributed by atoms with Gasteiger partial charge in [0.05, 0.1) is 25.0 Å². The Balaban J connectivity index is 1.46. The quantitative estimate of drug-likeness (QED) is 0.660. The van der Waals surface area contributed by atoms with Gasteiger partial charge in [-0.2, -0.15) is 0 Å². The summed E-state index contributed by atoms with van der Waals surface area (Å²) in [6.07, 6.45) is 4.26. The van der Waals surface area contributed by atoms with E-state index in [1.807, 2.05) is 25.1 Å². The third-order valence-electron chi connectivity index (χ3n) is 5.22. The Bertz CT molecular complexity index is 998. The summed E-state index contributed by atoms with van der Waals surface area (Å²) in [5, 5.41) is 2.96. The largest absolute Gasteiger partial charge is 0.478 e. The molecular weight excluding hydrogens is 366 g/mol. The molecule has 3 heterocycles. The second kappa shape index (κ2) is 8.39. The summed E-state index contributed by atoms with van der Waals surface area (Å²) in [5.41, 5.74) is 3.94. The van der Waals surface area contributed by atoms with Gasteiger partial charge in [-0.05, 0) is 44.0 Å². The number of fused-ring (bicyclic) bond motifs is 1. The van der Waals surface area contributed by atoms with Crippen molar-refractivity contribution in [3.8, 4) is 5.88 Å². The predicted molar refractivity (Wildman–Crippen MR) is 111 cm³/mol. The molecule has 1 unspecified atom stereocenters. The standard InChI is InChI=1S/C23H25N3O3/c1-3-28-23-18(8-6-11-24-23)14-25-22(27)19-10-12-29-21(19)15-26-16(2)13-17-7-4-5-9-20(17)26/h4-12,16H,3,13-15H2,1-2H3,(H,25,27). The number of pyridine rings is 1. The zero-order valence-electron chi connectivity index (χ0n) is 16.7. The summed E-state index contributed by atoms with van der Waals surface area (Å²) in [7, 11) is 0. The molecule has 1 atom stereocenters. The molecule has 3 aromatic rings. The van der Waals surface area contributed by atoms with E-state index in [9.17, 15) is 4.79 Å². The lowest BCUT2D eigenvalue weighted by Gasteiger charge is -2.24. The number of para-hydroxylation sites is 1. The van der Waals surface area contributed by atoms with Gasteiger partial charge in [0, 0.05) is 30.0 Å². The highest BCUT2D eigenvalue weighted by Crippen LogP contribution is 2.33. The molecule has 1 aliphatic rings. The number of aromatic nitrogens is 1. The fraction of sp³-hybridized carbons (Fsp3) is 0.304. The van der Waals surface area contributed by atoms with E-state index in [0.717, 1.165) is 12.0 Å². The van der Waals surface area contributed by atoms with Crippen molar-refractivity contribution in [2.75, 3.05) is 11.5 Å². The fourth-order valence-corrected chi connectivity index (χ4v) is 3.79. The van der Waals surface area contributed by atoms with Crippen LogP contribution in [0, 0.1) is 0 Å². The van der Waals surface area contributed by atoms with Crippen molar-refractivity contribution in [2.24, 2.45) is 0 Å². The lowest BCUT2D eigenvalue weighted by atomic mass is 10.1. The van der Waals surface area contributed by atoms with Crippen LogP contribution in [-0.2, 0) is 19.5 Å². The summed E-state index contributed by atoms with van der Waals surface area (Å²) in [6.45, 7) is 5.53. The molecular formula is C23H25N3O3. The minimum absolute atomic E-state index is 0.166. The predicted octanol–water partition coefficient (Wildman–Crippen LogP) is 3.95. The van der Waals surface area contributed by atoms with E-state index in [2.05, 4.69) is 40.3 Å². The fourth-order valence-electron chi connectivity index (χ4n) is 3.79. The van der Waals surface area contributed by atoms with E-state index in [-0.39, 0.29) is 5.91 Å². The first-order valence-corrected chi connectivity index (χ1v) is 9.93. The monoisotopic (exact) mass is 391 g/mol. The van der Waals surface area contributed by atoms with E-state index in [1.165, 1.54) is 11.3 Å². The van der Waals surface area contributed by atoms with Gasteiger partial charge in [0.1, 0.15) is 5.76 Å². The molecule has 1 N–H and O–H groups in total. The zero-order valence-corrected chi connectivity index (χ0v) is 16.7. The van der Waals surface area contributed by atoms with Crippen molar-refractivity contribution in [2.45, 2.75) is 39.4 Å². The third-order valence-corrected chi connectivity index (χ3v) is 5.22. The highest BCUT2D eigenvalue weighted by atomic mass is 16.5. The van der Waals surface area contributed by atoms with E-state index in [0.29, 0.717) is 42.9 Å². The van der Waals surface area contributed by atoms with Gasteiger partial charge in [-0.3, -0.25) is 4.79 Å². The normalized spacial score (nSPS) is 15.2. The smallest absolute Gasteiger partial charge is 0.255 e. The number of carbonyl (C=O) groups excluding carboxylic acids is 1. The summed E-state index contributed by atoms with van der Waals surface area (Å²) in [4.78, 5) is 19.3. The molecule has 0 saturated carbocycles. The van der Waals surface area contributed by atoms with Crippen molar-refractivity contribution in [3.63, 3.8) is 0 Å². The molecule has 0 fully saturated rings. The van der Waals surface area contributed by atoms with Crippen LogP contribution in [-0.4, -0.2) is 23.5 Å². The Kier molecular flexibility index (Phi) is 5.51. The molecule has 29 heavy (non-hydrogen) atoms. The Morgan fingerprint density at radius 2 is 2.14 bits per heavy atom. The number of nitrogens with one attached hydrogen (secondary N) is 1. The summed E-state index contributed by atoms with van der Waals surface area (Å²) >= 11 is 0. The number of ether oxygens (including phenoxy) is 1. The van der Waals surface area contributed by atoms with Crippen LogP contribution in [0.4, 0.5) is 5.69 Å². The van der Waals surface area contributed by atoms with Gasteiger partial charge < -0.3 is 19.4 Å². The highest BCUT2D eigenvalue weighted by Gasteiger charge is 2.28. The van der Waals surface area contributed by atoms with Crippen molar-refractivity contribution >= 4 is 11.6 Å². The van der Waals surface area contributed by atoms with Crippen LogP contribution < -0.4 is 15.0 Å². The van der Waals surface area contributed by atoms with E-state index in [4.69, 9.17) is 9.15 Å². The first-order chi connectivity index (χ1) is 14.2. The number of benzene rings is 1. The van der Waals surface area contributed by atoms with Gasteiger partial charge >= 0.3 is 0 Å². The molecule has 1 aliphatic heterocycles. The van der Waals surface area contributed by atoms with Gasteiger partial charge in [0.25, 0.3) is 5.91 Å². The second-order valence-corrected chi connectivity index (χ2v) is 7.15. The second-order valence-electron chi connectivity index (χ2n) is 7.15. The van der Waals surface area contributed by atoms with Gasteiger partial charge in [-0.25, -0.2) is 4.98 Å². The molecule has 6 nitrogen and oxygen atoms in total. The van der Waals surface area contributed by atoms with Crippen LogP contribution in [0.1, 0.15) is 41.1 Å². The van der Waals surface area contributed by atoms with Crippen molar-refractivity contribution in [3.05, 3.63) is 77.4 Å². The summed E-state index contributed by atoms with van der Waals surface area (Å²) in [5.74, 6) is 1.05. The molecule has 0 saturated heterocycles. The summed E-state index contributed by atoms with van der Waals surface area (Å²) < 4.78 is 11.2. The summed E-state index contributed by atoms with van der Waals surface area (Å²) in [6, 6.07) is 14.2. The number of carbonyl (C=O) groups is 1. The van der Waals surface area contributed by atoms with Crippen LogP contribution in [0.15, 0.2) is 59.3 Å². The first-order valence-electron chi connectivity index (χ1n) is 9.93. The Morgan fingerprint density at radius 1 is 1.28 bits per heavy atom. The van der Waals surface area contributed by atoms with Crippen molar-refractivity contribution < 1.29 is 13.9 Å². The van der Waals surface area contributed by atoms with Crippen LogP contribution >= 0.6 is 0 Å². The lowest BCUT2D eigenvalue weighted by molar-refractivity contribution is 0.0948. The SMILES string of the molecule is CCOc1ncccc1CNC(=O)c1ccoc1CN1c2ccccc2CC1C. The lowest BCUT2D eigenvalue weighted by Crippen LogP contribution is -2.30. The zero-order chi connectivity index (χ0) is 20.2. The first kappa shape index (κ1) is 19.1. The number of nitrogens with zero attached hydrogens (tertiary/aromatic N) is 2. The van der Waals surface area contributed by atoms with Crippen LogP contribution in [0.25, 0.3) is 0 Å². The molecule has 0 spiro atoms. The van der Waals surface area contributed by atoms with Crippen molar-refractivity contribution in [1.29, 1.82) is 0 Å². The molecule has 0 radical (unpaired) electrons. The van der Waals surface area contributed by atoms with E-state index >= 15 is 0 Å². The number of furan rings is 1. The molecule has 4 rings (SSSR count). The molecule has 2 aromatic heterocycles. The number of rotatable bonds is 7. The Morgan fingerprint density at radius 3 is 3.00 bits per heavy atom. The van der Waals surface area contributed by atoms with E-state index in [1.54, 1.807) is 18.5 Å². The van der Waals surface area contributed by atoms with Gasteiger partial charge in [0.2, 0.25) is 5.88 Å². The van der Waals surface area contributed by atoms with E-state index < -0.39 is 0 Å². The number of amides is 1. The average Bonchev–Trinajstić information content (AvgIpc) is 3.32. The number of hydrogen-bond donors (Lipinski definition) is 1. The van der Waals surface area contributed by atoms with Gasteiger partial charge in [-0.1, -0.05) is 24.3 Å². The Labute approximate surface area is 170 Å². The van der Waals surface area contributed by atoms with Crippen LogP contribution in [0.2, 0.25) is 0 Å². The molecule has 150 valence electrons.